The van der Waals surface area contributed by atoms with Crippen LogP contribution in [0.15, 0.2) is 42.5 Å². The van der Waals surface area contributed by atoms with E-state index in [2.05, 4.69) is 42.5 Å². The van der Waals surface area contributed by atoms with Gasteiger partial charge in [-0.15, -0.1) is 16.8 Å². The van der Waals surface area contributed by atoms with E-state index in [1.54, 1.807) is 52.0 Å². The third-order valence-corrected chi connectivity index (χ3v) is 23.5. The Bertz CT molecular complexity index is 3920. The van der Waals surface area contributed by atoms with Crippen molar-refractivity contribution in [1.82, 2.24) is 61.9 Å². The minimum absolute atomic E-state index is 0.00336. The Balaban J connectivity index is 0.991. The summed E-state index contributed by atoms with van der Waals surface area (Å²) in [6, 6.07) is 3.71. The lowest BCUT2D eigenvalue weighted by Gasteiger charge is -2.41. The molecule has 0 aromatic heterocycles. The van der Waals surface area contributed by atoms with E-state index in [4.69, 9.17) is 34.3 Å². The van der Waals surface area contributed by atoms with Gasteiger partial charge in [0.2, 0.25) is 53.2 Å². The van der Waals surface area contributed by atoms with Crippen molar-refractivity contribution in [3.05, 3.63) is 59.4 Å². The summed E-state index contributed by atoms with van der Waals surface area (Å²) < 4.78 is 42.9. The highest BCUT2D eigenvalue weighted by molar-refractivity contribution is 8.00. The highest BCUT2D eigenvalue weighted by atomic mass is 32.2. The van der Waals surface area contributed by atoms with Crippen molar-refractivity contribution in [2.75, 3.05) is 92.8 Å². The molecule has 12 atom stereocenters. The standard InChI is InChI=1S/C82H123FN14O22S/c1-16-49(8)71(94(12)78(110)69(47(4)5)92-76(108)70(48(6)7)93(10)11)60(115-14)39-65(102)96-43-54(38-57(96)72(116-15)50(9)73(105)88-42-58(98)52-25-28-59(114-13)55(83)37-52)118-81(113)87-35-34-86-80(112)117-44-51-23-26-53(27-24-51)89-74(106)56(21-20-33-85-79(84)111)90-75(107)68(46(2)3)91-62(99)22-18-17-19-36-95-66(103)40-61(77(95)109)120-45-82(31-32-82)41-67(104)119-97-63(100)29-30-64(97)101/h23-28,37,46-50,54,56-57,60-61,68-72H,16-22,29-36,38-45H2,1-15H3,(H,86,112)(H,87,113)(H,88,105)(H,89,106)(H,90,107)(H,91,99)(H,92,108)(H3,84,85,111)/t49-,50+,54-,56-,57-,60+,61?,68-,69-,70-,71-,72+/m0/s1. The molecule has 0 spiro atoms. The smallest absolute Gasteiger partial charge is 0.407 e. The van der Waals surface area contributed by atoms with Gasteiger partial charge in [-0.25, -0.2) is 23.6 Å². The number of hydrogen-bond donors (Lipinski definition) is 9. The first-order chi connectivity index (χ1) is 56.8. The lowest BCUT2D eigenvalue weighted by Crippen LogP contribution is -2.59. The molecule has 1 saturated carbocycles. The molecule has 1 unspecified atom stereocenters. The molecule has 666 valence electrons. The molecule has 15 amide bonds. The van der Waals surface area contributed by atoms with Crippen molar-refractivity contribution >= 4 is 112 Å². The number of nitrogens with two attached hydrogens (primary N) is 1. The van der Waals surface area contributed by atoms with Gasteiger partial charge in [0.25, 0.3) is 11.8 Å². The van der Waals surface area contributed by atoms with Crippen LogP contribution in [0.2, 0.25) is 0 Å². The molecule has 2 aromatic carbocycles. The third-order valence-electron chi connectivity index (χ3n) is 22.0. The maximum absolute atomic E-state index is 15.0. The van der Waals surface area contributed by atoms with Crippen LogP contribution in [0.25, 0.3) is 0 Å². The normalized spacial score (nSPS) is 18.5. The Morgan fingerprint density at radius 1 is 0.708 bits per heavy atom. The number of ether oxygens (including phenoxy) is 5. The first-order valence-electron chi connectivity index (χ1n) is 40.9. The van der Waals surface area contributed by atoms with Crippen molar-refractivity contribution in [1.29, 1.82) is 0 Å². The number of nitrogens with zero attached hydrogens (tertiary/aromatic N) is 5. The molecule has 1 aliphatic carbocycles. The highest BCUT2D eigenvalue weighted by Gasteiger charge is 2.50. The van der Waals surface area contributed by atoms with Crippen molar-refractivity contribution in [3.63, 3.8) is 0 Å². The van der Waals surface area contributed by atoms with E-state index in [-0.39, 0.29) is 144 Å². The van der Waals surface area contributed by atoms with Gasteiger partial charge in [0.15, 0.2) is 17.3 Å². The fourth-order valence-electron chi connectivity index (χ4n) is 14.9. The van der Waals surface area contributed by atoms with E-state index >= 15 is 4.79 Å². The number of primary amides is 1. The molecule has 120 heavy (non-hydrogen) atoms. The van der Waals surface area contributed by atoms with Gasteiger partial charge in [-0.1, -0.05) is 87.3 Å². The molecule has 4 aliphatic rings. The van der Waals surface area contributed by atoms with Crippen LogP contribution >= 0.6 is 11.8 Å². The first-order valence-corrected chi connectivity index (χ1v) is 42.0. The number of hydrogen-bond acceptors (Lipinski definition) is 24. The summed E-state index contributed by atoms with van der Waals surface area (Å²) in [6.45, 7) is 15.3. The van der Waals surface area contributed by atoms with Gasteiger partial charge in [0, 0.05) is 96.6 Å². The number of nitrogens with one attached hydrogen (secondary N) is 8. The van der Waals surface area contributed by atoms with E-state index < -0.39 is 167 Å². The number of urea groups is 1. The number of Topliss-reactive ketones (excluding diaryl/α,β-unsaturated/α-hetero) is 1. The number of anilines is 1. The number of unbranched alkanes of at least 4 members (excludes halogenated alkanes) is 2. The number of hydroxylamine groups is 2. The topological polar surface area (TPSA) is 467 Å². The minimum atomic E-state index is -1.17. The Hall–Kier alpha value is -10.1. The van der Waals surface area contributed by atoms with Crippen molar-refractivity contribution < 1.29 is 110 Å². The maximum atomic E-state index is 15.0. The van der Waals surface area contributed by atoms with Crippen LogP contribution in [-0.4, -0.2) is 267 Å². The largest absolute Gasteiger partial charge is 0.494 e. The number of carbonyl (C=O) groups is 16. The Morgan fingerprint density at radius 2 is 1.37 bits per heavy atom. The monoisotopic (exact) mass is 1710 g/mol. The van der Waals surface area contributed by atoms with E-state index in [1.165, 1.54) is 79.0 Å². The molecule has 6 rings (SSSR count). The van der Waals surface area contributed by atoms with Crippen LogP contribution < -0.4 is 53.0 Å². The number of ketones is 1. The number of rotatable bonds is 49. The molecule has 38 heteroatoms. The second kappa shape index (κ2) is 47.2. The van der Waals surface area contributed by atoms with E-state index in [0.717, 1.165) is 6.07 Å². The molecule has 36 nitrogen and oxygen atoms in total. The van der Waals surface area contributed by atoms with Gasteiger partial charge in [0.05, 0.1) is 74.5 Å². The predicted molar refractivity (Wildman–Crippen MR) is 437 cm³/mol. The van der Waals surface area contributed by atoms with Gasteiger partial charge in [-0.05, 0) is 118 Å². The van der Waals surface area contributed by atoms with E-state index in [1.807, 2.05) is 41.5 Å². The summed E-state index contributed by atoms with van der Waals surface area (Å²) in [5, 5.41) is 21.3. The van der Waals surface area contributed by atoms with Crippen LogP contribution in [0.3, 0.4) is 0 Å². The van der Waals surface area contributed by atoms with Crippen molar-refractivity contribution in [2.45, 2.75) is 225 Å². The minimum Gasteiger partial charge on any atom is -0.494 e. The van der Waals surface area contributed by atoms with Crippen LogP contribution in [0.5, 0.6) is 5.75 Å². The van der Waals surface area contributed by atoms with Crippen LogP contribution in [0.4, 0.5) is 24.5 Å². The van der Waals surface area contributed by atoms with Crippen LogP contribution in [0.1, 0.15) is 175 Å². The molecule has 3 saturated heterocycles. The molecular formula is C82H123FN14O22S. The zero-order valence-electron chi connectivity index (χ0n) is 71.5. The summed E-state index contributed by atoms with van der Waals surface area (Å²) in [7, 11) is 9.24. The zero-order valence-corrected chi connectivity index (χ0v) is 72.4. The molecular weight excluding hydrogens is 1580 g/mol. The Morgan fingerprint density at radius 3 is 1.95 bits per heavy atom. The van der Waals surface area contributed by atoms with Gasteiger partial charge in [-0.2, -0.15) is 0 Å². The zero-order chi connectivity index (χ0) is 89.0. The van der Waals surface area contributed by atoms with Gasteiger partial charge < -0.3 is 86.6 Å². The number of carbonyl (C=O) groups excluding carboxylic acids is 16. The fourth-order valence-corrected chi connectivity index (χ4v) is 16.4. The van der Waals surface area contributed by atoms with Crippen LogP contribution in [0, 0.1) is 40.8 Å². The average Bonchev–Trinajstić information content (AvgIpc) is 1.61. The number of benzene rings is 2. The molecule has 3 heterocycles. The SMILES string of the molecule is CC[C@H](C)[C@@H]([C@@H](CC(=O)N1C[C@@H](OC(=O)NCCNC(=O)OCc2ccc(NC(=O)[C@H](CCCNC(N)=O)NC(=O)[C@@H](NC(=O)CCCCCN3C(=O)CC(SCC4(CC(=O)ON5C(=O)CCC5=O)CC4)C3=O)C(C)C)cc2)C[C@H]1[C@H](OC)[C@@H](C)C(=O)NCC(=O)c1ccc(OC)c(F)c1)OC)N(C)C(=O)[C@@H](NC(=O)[C@H](C(C)C)N(C)C)C(C)C. The summed E-state index contributed by atoms with van der Waals surface area (Å²) in [6.07, 6.45) is -1.79. The average molecular weight is 1710 g/mol. The number of thioether (sulfide) groups is 1. The summed E-state index contributed by atoms with van der Waals surface area (Å²) in [5.74, 6) is -9.32. The number of likely N-dealkylation sites (tertiary alicyclic amines) is 2. The Labute approximate surface area is 704 Å². The quantitative estimate of drug-likeness (QED) is 0.0248. The van der Waals surface area contributed by atoms with E-state index in [9.17, 15) is 76.3 Å². The third kappa shape index (κ3) is 29.1. The lowest BCUT2D eigenvalue weighted by molar-refractivity contribution is -0.198. The van der Waals surface area contributed by atoms with Crippen molar-refractivity contribution in [2.24, 2.45) is 40.7 Å². The van der Waals surface area contributed by atoms with E-state index in [0.29, 0.717) is 60.6 Å². The molecule has 10 N–H and O–H groups in total. The van der Waals surface area contributed by atoms with Gasteiger partial charge >= 0.3 is 24.2 Å². The molecule has 0 radical (unpaired) electrons. The molecule has 2 aromatic rings. The van der Waals surface area contributed by atoms with Gasteiger partial charge in [-0.3, -0.25) is 67.3 Å². The maximum Gasteiger partial charge on any atom is 0.407 e. The number of imide groups is 2. The first kappa shape index (κ1) is 98.7. The molecule has 4 fully saturated rings. The summed E-state index contributed by atoms with van der Waals surface area (Å²) in [4.78, 5) is 223. The predicted octanol–water partition coefficient (Wildman–Crippen LogP) is 4.62. The lowest BCUT2D eigenvalue weighted by atomic mass is 9.89. The Kier molecular flexibility index (Phi) is 38.8. The number of methoxy groups -OCH3 is 3. The number of halogens is 1. The highest BCUT2D eigenvalue weighted by Crippen LogP contribution is 2.52. The van der Waals surface area contributed by atoms with Gasteiger partial charge in [0.1, 0.15) is 30.8 Å². The molecule has 3 aliphatic heterocycles. The summed E-state index contributed by atoms with van der Waals surface area (Å²) in [5.41, 5.74) is 5.58. The summed E-state index contributed by atoms with van der Waals surface area (Å²) >= 11 is 1.29. The fraction of sp³-hybridized carbons (Fsp3) is 0.659. The number of alkyl carbamates (subject to hydrolysis) is 2. The number of likely N-dealkylation sites (N-methyl/N-ethyl adjacent to an activating group) is 2. The second-order valence-electron chi connectivity index (χ2n) is 32.4. The molecule has 0 bridgehead atoms. The second-order valence-corrected chi connectivity index (χ2v) is 33.6. The van der Waals surface area contributed by atoms with Crippen LogP contribution in [-0.2, 0) is 87.9 Å². The number of amides is 15. The van der Waals surface area contributed by atoms with Crippen molar-refractivity contribution in [3.8, 4) is 5.75 Å².